The number of carbonyl (C=O) groups excluding carboxylic acids is 1. The van der Waals surface area contributed by atoms with E-state index in [1.54, 1.807) is 0 Å². The molecule has 2 N–H and O–H groups in total. The van der Waals surface area contributed by atoms with Crippen LogP contribution in [-0.4, -0.2) is 24.2 Å². The second kappa shape index (κ2) is 5.50. The minimum Gasteiger partial charge on any atom is -0.395 e. The van der Waals surface area contributed by atoms with Crippen LogP contribution < -0.4 is 5.32 Å². The van der Waals surface area contributed by atoms with E-state index in [2.05, 4.69) is 5.32 Å². The average molecular weight is 233 g/mol. The van der Waals surface area contributed by atoms with Crippen molar-refractivity contribution < 1.29 is 23.1 Å². The molecule has 0 bridgehead atoms. The van der Waals surface area contributed by atoms with Crippen LogP contribution in [0.1, 0.15) is 5.56 Å². The number of amides is 1. The maximum absolute atomic E-state index is 13.1. The highest BCUT2D eigenvalue weighted by Crippen LogP contribution is 2.14. The first-order chi connectivity index (χ1) is 7.54. The lowest BCUT2D eigenvalue weighted by Gasteiger charge is -2.05. The topological polar surface area (TPSA) is 49.3 Å². The van der Waals surface area contributed by atoms with Crippen molar-refractivity contribution in [1.29, 1.82) is 0 Å². The molecule has 0 saturated carbocycles. The van der Waals surface area contributed by atoms with Crippen LogP contribution in [0.2, 0.25) is 0 Å². The second-order valence-electron chi connectivity index (χ2n) is 3.11. The smallest absolute Gasteiger partial charge is 0.224 e. The molecule has 6 heteroatoms. The van der Waals surface area contributed by atoms with E-state index in [4.69, 9.17) is 5.11 Å². The van der Waals surface area contributed by atoms with Crippen molar-refractivity contribution >= 4 is 5.91 Å². The Hall–Kier alpha value is -1.56. The fourth-order valence-corrected chi connectivity index (χ4v) is 1.13. The molecule has 0 spiro atoms. The predicted octanol–water partition coefficient (Wildman–Crippen LogP) is 0.755. The van der Waals surface area contributed by atoms with Crippen LogP contribution in [0.5, 0.6) is 0 Å². The Morgan fingerprint density at radius 3 is 2.44 bits per heavy atom. The molecule has 0 aliphatic carbocycles. The molecule has 1 amide bonds. The normalized spacial score (nSPS) is 10.2. The van der Waals surface area contributed by atoms with Crippen molar-refractivity contribution in [2.45, 2.75) is 6.42 Å². The third-order valence-electron chi connectivity index (χ3n) is 1.87. The van der Waals surface area contributed by atoms with Gasteiger partial charge in [0.2, 0.25) is 5.91 Å². The van der Waals surface area contributed by atoms with Gasteiger partial charge in [-0.25, -0.2) is 13.2 Å². The van der Waals surface area contributed by atoms with Gasteiger partial charge < -0.3 is 10.4 Å². The van der Waals surface area contributed by atoms with Crippen LogP contribution in [-0.2, 0) is 11.2 Å². The number of carbonyl (C=O) groups is 1. The van der Waals surface area contributed by atoms with E-state index in [0.717, 1.165) is 0 Å². The molecule has 88 valence electrons. The lowest BCUT2D eigenvalue weighted by molar-refractivity contribution is -0.120. The fraction of sp³-hybridized carbons (Fsp3) is 0.300. The standard InChI is InChI=1S/C10H10F3NO2/c11-7-5-9(13)8(12)3-6(7)4-10(16)14-1-2-15/h3,5,15H,1-2,4H2,(H,14,16). The molecule has 16 heavy (non-hydrogen) atoms. The van der Waals surface area contributed by atoms with Crippen LogP contribution in [0.25, 0.3) is 0 Å². The molecular weight excluding hydrogens is 223 g/mol. The Morgan fingerprint density at radius 2 is 1.81 bits per heavy atom. The van der Waals surface area contributed by atoms with Crippen LogP contribution in [0.15, 0.2) is 12.1 Å². The van der Waals surface area contributed by atoms with Gasteiger partial charge >= 0.3 is 0 Å². The summed E-state index contributed by atoms with van der Waals surface area (Å²) >= 11 is 0. The zero-order valence-electron chi connectivity index (χ0n) is 8.27. The summed E-state index contributed by atoms with van der Waals surface area (Å²) in [7, 11) is 0. The van der Waals surface area contributed by atoms with Gasteiger partial charge in [0.05, 0.1) is 13.0 Å². The molecule has 0 unspecified atom stereocenters. The Kier molecular flexibility index (Phi) is 4.30. The maximum atomic E-state index is 13.1. The number of nitrogens with one attached hydrogen (secondary N) is 1. The highest BCUT2D eigenvalue weighted by Gasteiger charge is 2.12. The van der Waals surface area contributed by atoms with Crippen molar-refractivity contribution in [1.82, 2.24) is 5.32 Å². The number of aliphatic hydroxyl groups is 1. The number of rotatable bonds is 4. The first kappa shape index (κ1) is 12.5. The number of hydrogen-bond acceptors (Lipinski definition) is 2. The summed E-state index contributed by atoms with van der Waals surface area (Å²) in [5, 5.41) is 10.7. The van der Waals surface area contributed by atoms with E-state index in [0.29, 0.717) is 12.1 Å². The molecule has 0 heterocycles. The molecule has 3 nitrogen and oxygen atoms in total. The first-order valence-corrected chi connectivity index (χ1v) is 4.55. The Bertz CT molecular complexity index is 396. The third kappa shape index (κ3) is 3.23. The molecule has 0 aliphatic heterocycles. The summed E-state index contributed by atoms with van der Waals surface area (Å²) in [5.41, 5.74) is -0.227. The van der Waals surface area contributed by atoms with Gasteiger partial charge in [-0.3, -0.25) is 4.79 Å². The average Bonchev–Trinajstić information content (AvgIpc) is 2.23. The molecule has 0 saturated heterocycles. The lowest BCUT2D eigenvalue weighted by Crippen LogP contribution is -2.28. The van der Waals surface area contributed by atoms with Crippen molar-refractivity contribution in [2.24, 2.45) is 0 Å². The van der Waals surface area contributed by atoms with Gasteiger partial charge in [0.1, 0.15) is 5.82 Å². The quantitative estimate of drug-likeness (QED) is 0.754. The highest BCUT2D eigenvalue weighted by atomic mass is 19.2. The third-order valence-corrected chi connectivity index (χ3v) is 1.87. The van der Waals surface area contributed by atoms with Gasteiger partial charge in [-0.2, -0.15) is 0 Å². The van der Waals surface area contributed by atoms with Gasteiger partial charge in [-0.1, -0.05) is 0 Å². The van der Waals surface area contributed by atoms with E-state index >= 15 is 0 Å². The molecule has 0 atom stereocenters. The minimum atomic E-state index is -1.29. The Morgan fingerprint density at radius 1 is 1.19 bits per heavy atom. The van der Waals surface area contributed by atoms with E-state index in [9.17, 15) is 18.0 Å². The van der Waals surface area contributed by atoms with Crippen LogP contribution in [0, 0.1) is 17.5 Å². The van der Waals surface area contributed by atoms with Crippen LogP contribution in [0.4, 0.5) is 13.2 Å². The van der Waals surface area contributed by atoms with E-state index < -0.39 is 29.8 Å². The van der Waals surface area contributed by atoms with Crippen molar-refractivity contribution in [3.05, 3.63) is 35.1 Å². The Balaban J connectivity index is 2.73. The lowest BCUT2D eigenvalue weighted by atomic mass is 10.1. The molecular formula is C10H10F3NO2. The summed E-state index contributed by atoms with van der Waals surface area (Å²) in [6.07, 6.45) is -0.400. The van der Waals surface area contributed by atoms with Gasteiger partial charge in [-0.15, -0.1) is 0 Å². The molecule has 0 radical (unpaired) electrons. The molecule has 1 rings (SSSR count). The maximum Gasteiger partial charge on any atom is 0.224 e. The van der Waals surface area contributed by atoms with Gasteiger partial charge in [-0.05, 0) is 6.07 Å². The van der Waals surface area contributed by atoms with E-state index in [1.165, 1.54) is 0 Å². The first-order valence-electron chi connectivity index (χ1n) is 4.55. The van der Waals surface area contributed by atoms with Crippen molar-refractivity contribution in [2.75, 3.05) is 13.2 Å². The van der Waals surface area contributed by atoms with Crippen LogP contribution in [0.3, 0.4) is 0 Å². The summed E-state index contributed by atoms with van der Waals surface area (Å²) in [6, 6.07) is 1.03. The van der Waals surface area contributed by atoms with Crippen LogP contribution >= 0.6 is 0 Å². The van der Waals surface area contributed by atoms with Gasteiger partial charge in [0.25, 0.3) is 0 Å². The molecule has 0 fully saturated rings. The highest BCUT2D eigenvalue weighted by molar-refractivity contribution is 5.78. The van der Waals surface area contributed by atoms with E-state index in [-0.39, 0.29) is 18.7 Å². The zero-order valence-corrected chi connectivity index (χ0v) is 8.27. The number of halogens is 3. The Labute approximate surface area is 89.9 Å². The minimum absolute atomic E-state index is 0.0319. The summed E-state index contributed by atoms with van der Waals surface area (Å²) in [5.74, 6) is -4.04. The number of aliphatic hydroxyl groups excluding tert-OH is 1. The van der Waals surface area contributed by atoms with Gasteiger partial charge in [0.15, 0.2) is 11.6 Å². The second-order valence-corrected chi connectivity index (χ2v) is 3.11. The molecule has 1 aromatic carbocycles. The molecule has 1 aromatic rings. The fourth-order valence-electron chi connectivity index (χ4n) is 1.13. The van der Waals surface area contributed by atoms with Crippen molar-refractivity contribution in [3.63, 3.8) is 0 Å². The summed E-state index contributed by atoms with van der Waals surface area (Å²) in [6.45, 7) is -0.212. The predicted molar refractivity (Wildman–Crippen MR) is 50.1 cm³/mol. The number of hydrogen-bond donors (Lipinski definition) is 2. The molecule has 0 aromatic heterocycles. The van der Waals surface area contributed by atoms with E-state index in [1.807, 2.05) is 0 Å². The monoisotopic (exact) mass is 233 g/mol. The SMILES string of the molecule is O=C(Cc1cc(F)c(F)cc1F)NCCO. The summed E-state index contributed by atoms with van der Waals surface area (Å²) in [4.78, 5) is 11.1. The summed E-state index contributed by atoms with van der Waals surface area (Å²) < 4.78 is 38.4. The molecule has 0 aliphatic rings. The van der Waals surface area contributed by atoms with Crippen molar-refractivity contribution in [3.8, 4) is 0 Å². The van der Waals surface area contributed by atoms with Gasteiger partial charge in [0, 0.05) is 18.2 Å². The largest absolute Gasteiger partial charge is 0.395 e. The zero-order chi connectivity index (χ0) is 12.1. The number of benzene rings is 1.